The number of likely N-dealkylation sites (tertiary alicyclic amines) is 1. The topological polar surface area (TPSA) is 15.3 Å². The Morgan fingerprint density at radius 1 is 1.31 bits per heavy atom. The Morgan fingerprint density at radius 2 is 2.00 bits per heavy atom. The predicted molar refractivity (Wildman–Crippen MR) is 77.9 cm³/mol. The van der Waals surface area contributed by atoms with Gasteiger partial charge in [0.25, 0.3) is 0 Å². The molecule has 2 rings (SSSR count). The van der Waals surface area contributed by atoms with Gasteiger partial charge in [-0.1, -0.05) is 12.1 Å². The first-order valence-electron chi connectivity index (χ1n) is 5.92. The van der Waals surface area contributed by atoms with Crippen LogP contribution in [0.15, 0.2) is 24.3 Å². The van der Waals surface area contributed by atoms with Crippen molar-refractivity contribution < 1.29 is 0 Å². The van der Waals surface area contributed by atoms with Crippen LogP contribution >= 0.6 is 22.6 Å². The predicted octanol–water partition coefficient (Wildman–Crippen LogP) is 3.04. The number of benzene rings is 1. The summed E-state index contributed by atoms with van der Waals surface area (Å²) in [7, 11) is 2.21. The van der Waals surface area contributed by atoms with Crippen LogP contribution in [0.5, 0.6) is 0 Å². The van der Waals surface area contributed by atoms with E-state index in [9.17, 15) is 0 Å². The van der Waals surface area contributed by atoms with E-state index in [4.69, 9.17) is 0 Å². The van der Waals surface area contributed by atoms with Crippen molar-refractivity contribution in [2.75, 3.05) is 32.0 Å². The van der Waals surface area contributed by atoms with Crippen molar-refractivity contribution in [3.63, 3.8) is 0 Å². The fraction of sp³-hybridized carbons (Fsp3) is 0.538. The molecule has 0 amide bonds. The summed E-state index contributed by atoms with van der Waals surface area (Å²) in [5.41, 5.74) is 1.28. The van der Waals surface area contributed by atoms with Gasteiger partial charge in [-0.05, 0) is 73.6 Å². The molecular weight excluding hydrogens is 311 g/mol. The molecule has 1 fully saturated rings. The van der Waals surface area contributed by atoms with Crippen molar-refractivity contribution in [1.29, 1.82) is 0 Å². The Morgan fingerprint density at radius 3 is 2.69 bits per heavy atom. The molecule has 1 aromatic carbocycles. The van der Waals surface area contributed by atoms with E-state index in [0.717, 1.165) is 12.5 Å². The number of nitrogens with zero attached hydrogens (tertiary/aromatic N) is 1. The van der Waals surface area contributed by atoms with Crippen molar-refractivity contribution in [3.05, 3.63) is 27.8 Å². The van der Waals surface area contributed by atoms with E-state index in [1.807, 2.05) is 0 Å². The summed E-state index contributed by atoms with van der Waals surface area (Å²) in [6.45, 7) is 3.62. The number of halogens is 1. The number of hydrogen-bond donors (Lipinski definition) is 1. The van der Waals surface area contributed by atoms with E-state index in [1.165, 1.54) is 35.2 Å². The molecule has 0 aliphatic carbocycles. The molecule has 0 unspecified atom stereocenters. The van der Waals surface area contributed by atoms with Gasteiger partial charge < -0.3 is 10.2 Å². The first kappa shape index (κ1) is 12.2. The third-order valence-electron chi connectivity index (χ3n) is 3.29. The van der Waals surface area contributed by atoms with Gasteiger partial charge in [-0.15, -0.1) is 0 Å². The lowest BCUT2D eigenvalue weighted by molar-refractivity contribution is 0.226. The molecule has 0 spiro atoms. The Hall–Kier alpha value is -0.290. The van der Waals surface area contributed by atoms with Gasteiger partial charge in [0, 0.05) is 15.8 Å². The SMILES string of the molecule is CN1CCC(CNc2ccccc2I)CC1. The number of rotatable bonds is 3. The molecule has 16 heavy (non-hydrogen) atoms. The fourth-order valence-electron chi connectivity index (χ4n) is 2.13. The van der Waals surface area contributed by atoms with Crippen LogP contribution in [-0.4, -0.2) is 31.6 Å². The van der Waals surface area contributed by atoms with Crippen LogP contribution in [0.2, 0.25) is 0 Å². The second-order valence-corrected chi connectivity index (χ2v) is 5.77. The normalized spacial score (nSPS) is 18.6. The first-order valence-corrected chi connectivity index (χ1v) is 7.00. The molecular formula is C13H19IN2. The first-order chi connectivity index (χ1) is 7.75. The van der Waals surface area contributed by atoms with Gasteiger partial charge in [0.2, 0.25) is 0 Å². The van der Waals surface area contributed by atoms with Gasteiger partial charge in [-0.3, -0.25) is 0 Å². The Balaban J connectivity index is 1.81. The largest absolute Gasteiger partial charge is 0.384 e. The van der Waals surface area contributed by atoms with E-state index < -0.39 is 0 Å². The third-order valence-corrected chi connectivity index (χ3v) is 4.23. The highest BCUT2D eigenvalue weighted by molar-refractivity contribution is 14.1. The van der Waals surface area contributed by atoms with Crippen molar-refractivity contribution >= 4 is 28.3 Å². The summed E-state index contributed by atoms with van der Waals surface area (Å²) in [5.74, 6) is 0.840. The minimum Gasteiger partial charge on any atom is -0.384 e. The quantitative estimate of drug-likeness (QED) is 0.857. The minimum atomic E-state index is 0.840. The number of piperidine rings is 1. The van der Waals surface area contributed by atoms with Gasteiger partial charge >= 0.3 is 0 Å². The lowest BCUT2D eigenvalue weighted by Gasteiger charge is -2.29. The van der Waals surface area contributed by atoms with Crippen LogP contribution in [0.4, 0.5) is 5.69 Å². The maximum absolute atomic E-state index is 3.57. The van der Waals surface area contributed by atoms with Crippen LogP contribution in [0.1, 0.15) is 12.8 Å². The molecule has 0 bridgehead atoms. The Kier molecular flexibility index (Phi) is 4.46. The smallest absolute Gasteiger partial charge is 0.0475 e. The summed E-state index contributed by atoms with van der Waals surface area (Å²) >= 11 is 2.39. The van der Waals surface area contributed by atoms with E-state index in [-0.39, 0.29) is 0 Å². The summed E-state index contributed by atoms with van der Waals surface area (Å²) in [4.78, 5) is 2.42. The van der Waals surface area contributed by atoms with Crippen molar-refractivity contribution in [3.8, 4) is 0 Å². The molecule has 1 saturated heterocycles. The number of nitrogens with one attached hydrogen (secondary N) is 1. The molecule has 0 atom stereocenters. The van der Waals surface area contributed by atoms with Crippen molar-refractivity contribution in [2.24, 2.45) is 5.92 Å². The van der Waals surface area contributed by atoms with Crippen LogP contribution < -0.4 is 5.32 Å². The van der Waals surface area contributed by atoms with Crippen LogP contribution in [0.25, 0.3) is 0 Å². The molecule has 0 radical (unpaired) electrons. The monoisotopic (exact) mass is 330 g/mol. The standard InChI is InChI=1S/C13H19IN2/c1-16-8-6-11(7-9-16)10-15-13-5-3-2-4-12(13)14/h2-5,11,15H,6-10H2,1H3. The Bertz CT molecular complexity index is 332. The van der Waals surface area contributed by atoms with Gasteiger partial charge in [0.1, 0.15) is 0 Å². The van der Waals surface area contributed by atoms with Crippen LogP contribution in [0, 0.1) is 9.49 Å². The molecule has 1 aliphatic heterocycles. The minimum absolute atomic E-state index is 0.840. The number of para-hydroxylation sites is 1. The maximum atomic E-state index is 3.57. The molecule has 88 valence electrons. The Labute approximate surface area is 112 Å². The number of anilines is 1. The van der Waals surface area contributed by atoms with Gasteiger partial charge in [0.05, 0.1) is 0 Å². The zero-order valence-corrected chi connectivity index (χ0v) is 11.9. The highest BCUT2D eigenvalue weighted by atomic mass is 127. The van der Waals surface area contributed by atoms with E-state index in [1.54, 1.807) is 0 Å². The summed E-state index contributed by atoms with van der Waals surface area (Å²) in [6.07, 6.45) is 2.65. The van der Waals surface area contributed by atoms with Crippen LogP contribution in [0.3, 0.4) is 0 Å². The van der Waals surface area contributed by atoms with E-state index in [2.05, 4.69) is 64.1 Å². The molecule has 2 nitrogen and oxygen atoms in total. The lowest BCUT2D eigenvalue weighted by atomic mass is 9.97. The van der Waals surface area contributed by atoms with Gasteiger partial charge in [0.15, 0.2) is 0 Å². The maximum Gasteiger partial charge on any atom is 0.0475 e. The molecule has 0 saturated carbocycles. The fourth-order valence-corrected chi connectivity index (χ4v) is 2.70. The summed E-state index contributed by atoms with van der Waals surface area (Å²) in [5, 5.41) is 3.57. The average Bonchev–Trinajstić information content (AvgIpc) is 2.30. The average molecular weight is 330 g/mol. The van der Waals surface area contributed by atoms with Gasteiger partial charge in [-0.25, -0.2) is 0 Å². The molecule has 3 heteroatoms. The molecule has 1 N–H and O–H groups in total. The molecule has 1 heterocycles. The highest BCUT2D eigenvalue weighted by Crippen LogP contribution is 2.20. The van der Waals surface area contributed by atoms with E-state index >= 15 is 0 Å². The zero-order valence-electron chi connectivity index (χ0n) is 9.75. The second-order valence-electron chi connectivity index (χ2n) is 4.61. The summed E-state index contributed by atoms with van der Waals surface area (Å²) in [6, 6.07) is 8.50. The molecule has 1 aliphatic rings. The third kappa shape index (κ3) is 3.35. The van der Waals surface area contributed by atoms with Crippen molar-refractivity contribution in [1.82, 2.24) is 4.90 Å². The number of hydrogen-bond acceptors (Lipinski definition) is 2. The highest BCUT2D eigenvalue weighted by Gasteiger charge is 2.16. The van der Waals surface area contributed by atoms with Crippen LogP contribution in [-0.2, 0) is 0 Å². The molecule has 0 aromatic heterocycles. The van der Waals surface area contributed by atoms with Gasteiger partial charge in [-0.2, -0.15) is 0 Å². The van der Waals surface area contributed by atoms with E-state index in [0.29, 0.717) is 0 Å². The second kappa shape index (κ2) is 5.87. The zero-order chi connectivity index (χ0) is 11.4. The lowest BCUT2D eigenvalue weighted by Crippen LogP contribution is -2.33. The summed E-state index contributed by atoms with van der Waals surface area (Å²) < 4.78 is 1.31. The van der Waals surface area contributed by atoms with Crippen molar-refractivity contribution in [2.45, 2.75) is 12.8 Å². The molecule has 1 aromatic rings.